The maximum atomic E-state index is 12.9. The molecule has 1 aromatic heterocycles. The Labute approximate surface area is 168 Å². The molecule has 0 saturated heterocycles. The van der Waals surface area contributed by atoms with Crippen LogP contribution >= 0.6 is 0 Å². The Morgan fingerprint density at radius 1 is 1.10 bits per heavy atom. The van der Waals surface area contributed by atoms with Gasteiger partial charge in [0.25, 0.3) is 5.91 Å². The fourth-order valence-corrected chi connectivity index (χ4v) is 3.67. The fourth-order valence-electron chi connectivity index (χ4n) is 3.67. The number of esters is 1. The molecule has 0 bridgehead atoms. The van der Waals surface area contributed by atoms with Crippen molar-refractivity contribution < 1.29 is 14.3 Å². The predicted octanol–water partition coefficient (Wildman–Crippen LogP) is 3.78. The number of carbonyl (C=O) groups excluding carboxylic acids is 2. The number of fused-ring (bicyclic) bond motifs is 2. The number of nitrogens with zero attached hydrogens (tertiary/aromatic N) is 2. The van der Waals surface area contributed by atoms with Crippen LogP contribution in [-0.4, -0.2) is 23.5 Å². The minimum absolute atomic E-state index is 0.402. The number of benzene rings is 2. The molecule has 3 aromatic rings. The van der Waals surface area contributed by atoms with E-state index in [0.29, 0.717) is 16.8 Å². The van der Waals surface area contributed by atoms with Gasteiger partial charge in [0.15, 0.2) is 6.61 Å². The Bertz CT molecular complexity index is 1150. The van der Waals surface area contributed by atoms with E-state index in [1.807, 2.05) is 30.3 Å². The van der Waals surface area contributed by atoms with Gasteiger partial charge in [-0.1, -0.05) is 24.3 Å². The molecule has 0 saturated carbocycles. The SMILES string of the molecule is N#Cc1cccc(NC(=O)COC(=O)c2c3c(nc4ccccc24)CCCC3)c1. The Hall–Kier alpha value is -3.72. The molecule has 29 heavy (non-hydrogen) atoms. The summed E-state index contributed by atoms with van der Waals surface area (Å²) in [7, 11) is 0. The summed E-state index contributed by atoms with van der Waals surface area (Å²) in [5.41, 5.74) is 4.08. The van der Waals surface area contributed by atoms with Crippen molar-refractivity contribution in [2.24, 2.45) is 0 Å². The lowest BCUT2D eigenvalue weighted by atomic mass is 9.90. The van der Waals surface area contributed by atoms with Crippen molar-refractivity contribution in [3.63, 3.8) is 0 Å². The van der Waals surface area contributed by atoms with Gasteiger partial charge >= 0.3 is 5.97 Å². The van der Waals surface area contributed by atoms with Crippen molar-refractivity contribution in [3.8, 4) is 6.07 Å². The average Bonchev–Trinajstić information content (AvgIpc) is 2.76. The molecule has 1 amide bonds. The van der Waals surface area contributed by atoms with Crippen LogP contribution in [0.3, 0.4) is 0 Å². The number of aromatic nitrogens is 1. The van der Waals surface area contributed by atoms with Crippen molar-refractivity contribution in [3.05, 3.63) is 70.9 Å². The van der Waals surface area contributed by atoms with Crippen LogP contribution in [0.5, 0.6) is 0 Å². The number of anilines is 1. The molecule has 0 atom stereocenters. The van der Waals surface area contributed by atoms with E-state index in [-0.39, 0.29) is 0 Å². The summed E-state index contributed by atoms with van der Waals surface area (Å²) in [5.74, 6) is -0.969. The topological polar surface area (TPSA) is 92.1 Å². The van der Waals surface area contributed by atoms with E-state index in [1.54, 1.807) is 24.3 Å². The maximum Gasteiger partial charge on any atom is 0.339 e. The summed E-state index contributed by atoms with van der Waals surface area (Å²) in [6.45, 7) is -0.402. The van der Waals surface area contributed by atoms with Crippen LogP contribution in [0.25, 0.3) is 10.9 Å². The first-order valence-corrected chi connectivity index (χ1v) is 9.53. The molecule has 0 unspecified atom stereocenters. The van der Waals surface area contributed by atoms with E-state index < -0.39 is 18.5 Å². The number of rotatable bonds is 4. The van der Waals surface area contributed by atoms with E-state index in [1.165, 1.54) is 0 Å². The normalized spacial score (nSPS) is 12.7. The standard InChI is InChI=1S/C23H19N3O3/c24-13-15-6-5-7-16(12-15)25-21(27)14-29-23(28)22-17-8-1-3-10-19(17)26-20-11-4-2-9-18(20)22/h1,3,5-8,10,12H,2,4,9,11,14H2,(H,25,27). The number of carbonyl (C=O) groups is 2. The van der Waals surface area contributed by atoms with Crippen LogP contribution in [0.2, 0.25) is 0 Å². The average molecular weight is 385 g/mol. The van der Waals surface area contributed by atoms with Gasteiger partial charge < -0.3 is 10.1 Å². The maximum absolute atomic E-state index is 12.9. The van der Waals surface area contributed by atoms with Crippen molar-refractivity contribution in [2.45, 2.75) is 25.7 Å². The second-order valence-electron chi connectivity index (χ2n) is 6.95. The van der Waals surface area contributed by atoms with Gasteiger partial charge in [-0.2, -0.15) is 5.26 Å². The molecule has 1 heterocycles. The molecular formula is C23H19N3O3. The molecule has 0 radical (unpaired) electrons. The molecule has 6 heteroatoms. The van der Waals surface area contributed by atoms with Gasteiger partial charge in [-0.3, -0.25) is 9.78 Å². The number of aryl methyl sites for hydroxylation is 1. The third-order valence-electron chi connectivity index (χ3n) is 4.98. The molecule has 1 aliphatic carbocycles. The smallest absolute Gasteiger partial charge is 0.339 e. The summed E-state index contributed by atoms with van der Waals surface area (Å²) in [5, 5.41) is 12.3. The molecule has 0 aliphatic heterocycles. The van der Waals surface area contributed by atoms with E-state index in [4.69, 9.17) is 15.0 Å². The second-order valence-corrected chi connectivity index (χ2v) is 6.95. The zero-order valence-electron chi connectivity index (χ0n) is 15.8. The van der Waals surface area contributed by atoms with E-state index in [0.717, 1.165) is 47.8 Å². The zero-order valence-corrected chi connectivity index (χ0v) is 15.8. The molecule has 2 aromatic carbocycles. The van der Waals surface area contributed by atoms with Crippen LogP contribution in [0, 0.1) is 11.3 Å². The number of nitrogens with one attached hydrogen (secondary N) is 1. The van der Waals surface area contributed by atoms with E-state index in [9.17, 15) is 9.59 Å². The summed E-state index contributed by atoms with van der Waals surface area (Å²) in [6, 6.07) is 16.1. The molecule has 4 rings (SSSR count). The van der Waals surface area contributed by atoms with Gasteiger partial charge in [0.1, 0.15) is 0 Å². The summed E-state index contributed by atoms with van der Waals surface area (Å²) >= 11 is 0. The number of hydrogen-bond donors (Lipinski definition) is 1. The quantitative estimate of drug-likeness (QED) is 0.690. The van der Waals surface area contributed by atoms with Crippen molar-refractivity contribution in [1.29, 1.82) is 5.26 Å². The molecule has 144 valence electrons. The summed E-state index contributed by atoms with van der Waals surface area (Å²) in [6.07, 6.45) is 3.68. The van der Waals surface area contributed by atoms with Crippen LogP contribution in [-0.2, 0) is 22.4 Å². The largest absolute Gasteiger partial charge is 0.452 e. The van der Waals surface area contributed by atoms with Gasteiger partial charge in [0.2, 0.25) is 0 Å². The van der Waals surface area contributed by atoms with Crippen LogP contribution in [0.1, 0.15) is 40.0 Å². The van der Waals surface area contributed by atoms with Gasteiger partial charge in [0, 0.05) is 16.8 Å². The molecule has 0 fully saturated rings. The van der Waals surface area contributed by atoms with Gasteiger partial charge in [0.05, 0.1) is 22.7 Å². The number of para-hydroxylation sites is 1. The Morgan fingerprint density at radius 2 is 1.93 bits per heavy atom. The van der Waals surface area contributed by atoms with E-state index >= 15 is 0 Å². The van der Waals surface area contributed by atoms with Crippen LogP contribution < -0.4 is 5.32 Å². The lowest BCUT2D eigenvalue weighted by Gasteiger charge is -2.19. The fraction of sp³-hybridized carbons (Fsp3) is 0.217. The molecule has 6 nitrogen and oxygen atoms in total. The molecule has 1 N–H and O–H groups in total. The Kier molecular flexibility index (Phi) is 5.21. The lowest BCUT2D eigenvalue weighted by molar-refractivity contribution is -0.119. The Balaban J connectivity index is 1.53. The third kappa shape index (κ3) is 3.94. The number of hydrogen-bond acceptors (Lipinski definition) is 5. The van der Waals surface area contributed by atoms with E-state index in [2.05, 4.69) is 5.32 Å². The highest BCUT2D eigenvalue weighted by atomic mass is 16.5. The minimum atomic E-state index is -0.511. The van der Waals surface area contributed by atoms with Crippen molar-refractivity contribution in [2.75, 3.05) is 11.9 Å². The van der Waals surface area contributed by atoms with Crippen molar-refractivity contribution in [1.82, 2.24) is 4.98 Å². The van der Waals surface area contributed by atoms with Gasteiger partial charge in [-0.05, 0) is 55.5 Å². The number of pyridine rings is 1. The summed E-state index contributed by atoms with van der Waals surface area (Å²) in [4.78, 5) is 29.8. The predicted molar refractivity (Wildman–Crippen MR) is 108 cm³/mol. The molecular weight excluding hydrogens is 366 g/mol. The lowest BCUT2D eigenvalue weighted by Crippen LogP contribution is -2.22. The molecule has 0 spiro atoms. The van der Waals surface area contributed by atoms with Crippen LogP contribution in [0.15, 0.2) is 48.5 Å². The first-order valence-electron chi connectivity index (χ1n) is 9.53. The first-order chi connectivity index (χ1) is 14.2. The Morgan fingerprint density at radius 3 is 2.79 bits per heavy atom. The number of ether oxygens (including phenoxy) is 1. The minimum Gasteiger partial charge on any atom is -0.452 e. The van der Waals surface area contributed by atoms with Crippen LogP contribution in [0.4, 0.5) is 5.69 Å². The number of amides is 1. The first kappa shape index (κ1) is 18.6. The zero-order chi connectivity index (χ0) is 20.2. The highest BCUT2D eigenvalue weighted by molar-refractivity contribution is 6.06. The third-order valence-corrected chi connectivity index (χ3v) is 4.98. The summed E-state index contributed by atoms with van der Waals surface area (Å²) < 4.78 is 5.35. The molecule has 1 aliphatic rings. The van der Waals surface area contributed by atoms with Crippen molar-refractivity contribution >= 4 is 28.5 Å². The second kappa shape index (κ2) is 8.11. The highest BCUT2D eigenvalue weighted by Crippen LogP contribution is 2.29. The highest BCUT2D eigenvalue weighted by Gasteiger charge is 2.24. The monoisotopic (exact) mass is 385 g/mol. The van der Waals surface area contributed by atoms with Gasteiger partial charge in [-0.15, -0.1) is 0 Å². The number of nitriles is 1. The van der Waals surface area contributed by atoms with Gasteiger partial charge in [-0.25, -0.2) is 4.79 Å².